The maximum absolute atomic E-state index is 12.1. The van der Waals surface area contributed by atoms with Crippen LogP contribution in [0.1, 0.15) is 23.3 Å². The van der Waals surface area contributed by atoms with Gasteiger partial charge in [0.2, 0.25) is 0 Å². The zero-order valence-electron chi connectivity index (χ0n) is 12.5. The summed E-state index contributed by atoms with van der Waals surface area (Å²) in [6.45, 7) is 5.14. The highest BCUT2D eigenvalue weighted by molar-refractivity contribution is 5.92. The zero-order chi connectivity index (χ0) is 15.8. The minimum absolute atomic E-state index is 0.0566. The molecular formula is C14H22N4O4. The molecule has 0 atom stereocenters. The van der Waals surface area contributed by atoms with Gasteiger partial charge in [-0.15, -0.1) is 0 Å². The Balaban J connectivity index is 1.70. The quantitative estimate of drug-likeness (QED) is 0.646. The summed E-state index contributed by atoms with van der Waals surface area (Å²) in [6.07, 6.45) is 2.32. The van der Waals surface area contributed by atoms with Crippen molar-refractivity contribution in [3.05, 3.63) is 18.0 Å². The van der Waals surface area contributed by atoms with Crippen molar-refractivity contribution >= 4 is 11.9 Å². The monoisotopic (exact) mass is 310 g/mol. The number of nitrogens with zero attached hydrogens (tertiary/aromatic N) is 3. The number of nitrogens with one attached hydrogen (secondary N) is 1. The lowest BCUT2D eigenvalue weighted by Gasteiger charge is -2.26. The van der Waals surface area contributed by atoms with Crippen molar-refractivity contribution in [2.45, 2.75) is 19.4 Å². The molecule has 1 saturated heterocycles. The Kier molecular flexibility index (Phi) is 6.35. The molecule has 0 spiro atoms. The van der Waals surface area contributed by atoms with Crippen LogP contribution in [0, 0.1) is 0 Å². The summed E-state index contributed by atoms with van der Waals surface area (Å²) in [5, 5.41) is 15.5. The number of rotatable bonds is 8. The highest BCUT2D eigenvalue weighted by Crippen LogP contribution is 2.01. The van der Waals surface area contributed by atoms with Crippen molar-refractivity contribution in [3.63, 3.8) is 0 Å². The number of aryl methyl sites for hydroxylation is 1. The second-order valence-corrected chi connectivity index (χ2v) is 5.15. The van der Waals surface area contributed by atoms with Crippen LogP contribution in [0.5, 0.6) is 0 Å². The second-order valence-electron chi connectivity index (χ2n) is 5.15. The molecule has 22 heavy (non-hydrogen) atoms. The van der Waals surface area contributed by atoms with Gasteiger partial charge in [-0.05, 0) is 19.0 Å². The molecule has 122 valence electrons. The minimum atomic E-state index is -0.910. The Bertz CT molecular complexity index is 497. The molecule has 2 N–H and O–H groups in total. The molecule has 8 heteroatoms. The van der Waals surface area contributed by atoms with Crippen LogP contribution < -0.4 is 5.32 Å². The molecule has 2 rings (SSSR count). The fourth-order valence-corrected chi connectivity index (χ4v) is 2.33. The van der Waals surface area contributed by atoms with Gasteiger partial charge in [0.1, 0.15) is 5.69 Å². The molecule has 1 aromatic rings. The van der Waals surface area contributed by atoms with Crippen LogP contribution >= 0.6 is 0 Å². The first-order chi connectivity index (χ1) is 10.7. The summed E-state index contributed by atoms with van der Waals surface area (Å²) < 4.78 is 6.71. The molecule has 0 bridgehead atoms. The Labute approximate surface area is 129 Å². The predicted molar refractivity (Wildman–Crippen MR) is 78.7 cm³/mol. The molecule has 1 aromatic heterocycles. The van der Waals surface area contributed by atoms with Gasteiger partial charge in [0, 0.05) is 25.8 Å². The number of carboxylic acid groups (broad SMARTS) is 1. The topological polar surface area (TPSA) is 96.7 Å². The number of morpholine rings is 1. The van der Waals surface area contributed by atoms with E-state index in [9.17, 15) is 9.59 Å². The van der Waals surface area contributed by atoms with Gasteiger partial charge in [-0.1, -0.05) is 0 Å². The van der Waals surface area contributed by atoms with Gasteiger partial charge in [-0.25, -0.2) is 0 Å². The molecule has 0 aromatic carbocycles. The van der Waals surface area contributed by atoms with Crippen LogP contribution in [0.25, 0.3) is 0 Å². The van der Waals surface area contributed by atoms with Gasteiger partial charge < -0.3 is 15.2 Å². The van der Waals surface area contributed by atoms with E-state index < -0.39 is 5.97 Å². The number of carbonyl (C=O) groups is 2. The number of aliphatic carboxylic acids is 1. The maximum Gasteiger partial charge on any atom is 0.305 e. The smallest absolute Gasteiger partial charge is 0.305 e. The van der Waals surface area contributed by atoms with Gasteiger partial charge in [0.15, 0.2) is 0 Å². The summed E-state index contributed by atoms with van der Waals surface area (Å²) >= 11 is 0. The lowest BCUT2D eigenvalue weighted by atomic mass is 10.3. The Hall–Kier alpha value is -1.93. The molecule has 1 aliphatic rings. The molecular weight excluding hydrogens is 288 g/mol. The Morgan fingerprint density at radius 3 is 2.82 bits per heavy atom. The first kappa shape index (κ1) is 16.4. The SMILES string of the molecule is O=C(O)CCn1nccc1C(=O)NCCCN1CCOCC1. The third-order valence-electron chi connectivity index (χ3n) is 3.53. The van der Waals surface area contributed by atoms with E-state index in [1.807, 2.05) is 0 Å². The average Bonchev–Trinajstić information content (AvgIpc) is 2.99. The summed E-state index contributed by atoms with van der Waals surface area (Å²) in [4.78, 5) is 25.0. The van der Waals surface area contributed by atoms with Gasteiger partial charge >= 0.3 is 5.97 Å². The molecule has 8 nitrogen and oxygen atoms in total. The van der Waals surface area contributed by atoms with Crippen molar-refractivity contribution < 1.29 is 19.4 Å². The zero-order valence-corrected chi connectivity index (χ0v) is 12.5. The first-order valence-electron chi connectivity index (χ1n) is 7.49. The highest BCUT2D eigenvalue weighted by Gasteiger charge is 2.13. The van der Waals surface area contributed by atoms with Gasteiger partial charge in [0.05, 0.1) is 26.2 Å². The van der Waals surface area contributed by atoms with Crippen molar-refractivity contribution in [2.75, 3.05) is 39.4 Å². The molecule has 1 amide bonds. The largest absolute Gasteiger partial charge is 0.481 e. The molecule has 0 unspecified atom stereocenters. The lowest BCUT2D eigenvalue weighted by molar-refractivity contribution is -0.137. The van der Waals surface area contributed by atoms with E-state index in [2.05, 4.69) is 15.3 Å². The van der Waals surface area contributed by atoms with Crippen molar-refractivity contribution in [3.8, 4) is 0 Å². The number of carbonyl (C=O) groups excluding carboxylic acids is 1. The lowest BCUT2D eigenvalue weighted by Crippen LogP contribution is -2.38. The first-order valence-corrected chi connectivity index (χ1v) is 7.49. The second kappa shape index (κ2) is 8.50. The summed E-state index contributed by atoms with van der Waals surface area (Å²) in [5.74, 6) is -1.13. The molecule has 2 heterocycles. The fraction of sp³-hybridized carbons (Fsp3) is 0.643. The Morgan fingerprint density at radius 2 is 2.09 bits per heavy atom. The van der Waals surface area contributed by atoms with Crippen molar-refractivity contribution in [1.82, 2.24) is 20.0 Å². The van der Waals surface area contributed by atoms with Crippen LogP contribution in [0.15, 0.2) is 12.3 Å². The van der Waals surface area contributed by atoms with Gasteiger partial charge in [-0.3, -0.25) is 19.2 Å². The molecule has 0 saturated carbocycles. The van der Waals surface area contributed by atoms with Crippen LogP contribution in [0.4, 0.5) is 0 Å². The average molecular weight is 310 g/mol. The normalized spacial score (nSPS) is 15.6. The van der Waals surface area contributed by atoms with Gasteiger partial charge in [0.25, 0.3) is 5.91 Å². The third kappa shape index (κ3) is 5.12. The van der Waals surface area contributed by atoms with Crippen LogP contribution in [-0.4, -0.2) is 71.1 Å². The molecule has 1 fully saturated rings. The summed E-state index contributed by atoms with van der Waals surface area (Å²) in [5.41, 5.74) is 0.396. The number of aromatic nitrogens is 2. The molecule has 0 radical (unpaired) electrons. The predicted octanol–water partition coefficient (Wildman–Crippen LogP) is -0.190. The summed E-state index contributed by atoms with van der Waals surface area (Å²) in [6, 6.07) is 1.60. The molecule has 1 aliphatic heterocycles. The number of hydrogen-bond donors (Lipinski definition) is 2. The van der Waals surface area contributed by atoms with E-state index in [0.717, 1.165) is 39.3 Å². The summed E-state index contributed by atoms with van der Waals surface area (Å²) in [7, 11) is 0. The Morgan fingerprint density at radius 1 is 1.32 bits per heavy atom. The number of amides is 1. The van der Waals surface area contributed by atoms with E-state index >= 15 is 0 Å². The minimum Gasteiger partial charge on any atom is -0.481 e. The van der Waals surface area contributed by atoms with E-state index in [0.29, 0.717) is 12.2 Å². The number of hydrogen-bond acceptors (Lipinski definition) is 5. The van der Waals surface area contributed by atoms with E-state index in [4.69, 9.17) is 9.84 Å². The van der Waals surface area contributed by atoms with Crippen LogP contribution in [0.2, 0.25) is 0 Å². The van der Waals surface area contributed by atoms with Crippen LogP contribution in [0.3, 0.4) is 0 Å². The van der Waals surface area contributed by atoms with Crippen molar-refractivity contribution in [2.24, 2.45) is 0 Å². The van der Waals surface area contributed by atoms with Crippen molar-refractivity contribution in [1.29, 1.82) is 0 Å². The third-order valence-corrected chi connectivity index (χ3v) is 3.53. The van der Waals surface area contributed by atoms with Gasteiger partial charge in [-0.2, -0.15) is 5.10 Å². The maximum atomic E-state index is 12.1. The van der Waals surface area contributed by atoms with E-state index in [-0.39, 0.29) is 18.9 Å². The van der Waals surface area contributed by atoms with E-state index in [1.54, 1.807) is 6.07 Å². The number of ether oxygens (including phenoxy) is 1. The van der Waals surface area contributed by atoms with Crippen LogP contribution in [-0.2, 0) is 16.1 Å². The standard InChI is InChI=1S/C14H22N4O4/c19-13(20)3-7-18-12(2-5-16-18)14(21)15-4-1-6-17-8-10-22-11-9-17/h2,5H,1,3-4,6-11H2,(H,15,21)(H,19,20). The highest BCUT2D eigenvalue weighted by atomic mass is 16.5. The van der Waals surface area contributed by atoms with E-state index in [1.165, 1.54) is 10.9 Å². The fourth-order valence-electron chi connectivity index (χ4n) is 2.33. The number of carboxylic acids is 1. The molecule has 0 aliphatic carbocycles.